The Morgan fingerprint density at radius 3 is 2.71 bits per heavy atom. The minimum Gasteiger partial charge on any atom is -0.435 e. The van der Waals surface area contributed by atoms with E-state index in [4.69, 9.17) is 0 Å². The zero-order chi connectivity index (χ0) is 10.6. The van der Waals surface area contributed by atoms with Gasteiger partial charge in [-0.25, -0.2) is 0 Å². The van der Waals surface area contributed by atoms with Crippen LogP contribution in [0.1, 0.15) is 6.92 Å². The summed E-state index contributed by atoms with van der Waals surface area (Å²) in [6.45, 7) is 0.0378. The van der Waals surface area contributed by atoms with Crippen molar-refractivity contribution in [3.63, 3.8) is 0 Å². The molecule has 0 aromatic heterocycles. The smallest absolute Gasteiger partial charge is 0.387 e. The van der Waals surface area contributed by atoms with Crippen LogP contribution in [0.15, 0.2) is 24.3 Å². The summed E-state index contributed by atoms with van der Waals surface area (Å²) in [6, 6.07) is 6.65. The van der Waals surface area contributed by atoms with Crippen LogP contribution in [0.4, 0.5) is 14.5 Å². The highest BCUT2D eigenvalue weighted by Crippen LogP contribution is 2.21. The molecule has 0 aliphatic heterocycles. The molecule has 0 aliphatic rings. The van der Waals surface area contributed by atoms with E-state index in [1.165, 1.54) is 6.07 Å². The van der Waals surface area contributed by atoms with Crippen LogP contribution in [0.5, 0.6) is 5.75 Å². The van der Waals surface area contributed by atoms with Crippen molar-refractivity contribution >= 4 is 5.69 Å². The summed E-state index contributed by atoms with van der Waals surface area (Å²) in [5.41, 5.74) is 0.866. The molecule has 0 saturated carbocycles. The second-order valence-electron chi connectivity index (χ2n) is 2.89. The van der Waals surface area contributed by atoms with E-state index in [1.807, 2.05) is 24.9 Å². The van der Waals surface area contributed by atoms with Gasteiger partial charge in [0.2, 0.25) is 0 Å². The van der Waals surface area contributed by atoms with Gasteiger partial charge in [0.25, 0.3) is 0 Å². The fourth-order valence-corrected chi connectivity index (χ4v) is 1.08. The molecule has 0 atom stereocenters. The first-order chi connectivity index (χ1) is 6.63. The largest absolute Gasteiger partial charge is 0.435 e. The van der Waals surface area contributed by atoms with Crippen LogP contribution in [0.3, 0.4) is 0 Å². The molecule has 0 aliphatic carbocycles. The number of hydrogen-bond acceptors (Lipinski definition) is 2. The van der Waals surface area contributed by atoms with Gasteiger partial charge in [-0.3, -0.25) is 0 Å². The van der Waals surface area contributed by atoms with Gasteiger partial charge in [0.1, 0.15) is 5.75 Å². The van der Waals surface area contributed by atoms with Crippen molar-refractivity contribution in [2.24, 2.45) is 0 Å². The molecule has 0 amide bonds. The molecule has 0 fully saturated rings. The standard InChI is InChI=1S/C10H13F2NO/c1-3-13(2)8-5-4-6-9(7-8)14-10(11)12/h4-7,10H,3H2,1-2H3. The van der Waals surface area contributed by atoms with E-state index in [0.717, 1.165) is 12.2 Å². The molecule has 1 aromatic carbocycles. The number of alkyl halides is 2. The highest BCUT2D eigenvalue weighted by Gasteiger charge is 2.05. The average molecular weight is 201 g/mol. The average Bonchev–Trinajstić information content (AvgIpc) is 2.16. The molecule has 14 heavy (non-hydrogen) atoms. The predicted molar refractivity (Wildman–Crippen MR) is 52.0 cm³/mol. The molecule has 1 rings (SSSR count). The number of hydrogen-bond donors (Lipinski definition) is 0. The lowest BCUT2D eigenvalue weighted by atomic mass is 10.3. The van der Waals surface area contributed by atoms with Gasteiger partial charge < -0.3 is 9.64 Å². The van der Waals surface area contributed by atoms with Crippen molar-refractivity contribution in [2.45, 2.75) is 13.5 Å². The van der Waals surface area contributed by atoms with Crippen molar-refractivity contribution in [2.75, 3.05) is 18.5 Å². The highest BCUT2D eigenvalue weighted by molar-refractivity contribution is 5.49. The quantitative estimate of drug-likeness (QED) is 0.742. The first-order valence-electron chi connectivity index (χ1n) is 4.39. The Balaban J connectivity index is 2.78. The summed E-state index contributed by atoms with van der Waals surface area (Å²) in [5, 5.41) is 0. The number of benzene rings is 1. The van der Waals surface area contributed by atoms with E-state index >= 15 is 0 Å². The molecule has 0 unspecified atom stereocenters. The molecular weight excluding hydrogens is 188 g/mol. The van der Waals surface area contributed by atoms with Gasteiger partial charge in [-0.2, -0.15) is 8.78 Å². The van der Waals surface area contributed by atoms with E-state index in [1.54, 1.807) is 12.1 Å². The minimum absolute atomic E-state index is 0.192. The van der Waals surface area contributed by atoms with Gasteiger partial charge in [0.05, 0.1) is 0 Å². The zero-order valence-electron chi connectivity index (χ0n) is 8.21. The van der Waals surface area contributed by atoms with Gasteiger partial charge in [-0.05, 0) is 19.1 Å². The Morgan fingerprint density at radius 1 is 1.43 bits per heavy atom. The summed E-state index contributed by atoms with van der Waals surface area (Å²) < 4.78 is 28.1. The number of rotatable bonds is 4. The van der Waals surface area contributed by atoms with Gasteiger partial charge in [0.15, 0.2) is 0 Å². The van der Waals surface area contributed by atoms with Gasteiger partial charge in [-0.1, -0.05) is 6.07 Å². The number of nitrogens with zero attached hydrogens (tertiary/aromatic N) is 1. The third-order valence-electron chi connectivity index (χ3n) is 1.96. The SMILES string of the molecule is CCN(C)c1cccc(OC(F)F)c1. The maximum atomic E-state index is 11.9. The van der Waals surface area contributed by atoms with Crippen molar-refractivity contribution in [1.82, 2.24) is 0 Å². The Morgan fingerprint density at radius 2 is 2.14 bits per heavy atom. The molecular formula is C10H13F2NO. The third kappa shape index (κ3) is 2.87. The van der Waals surface area contributed by atoms with E-state index in [2.05, 4.69) is 4.74 Å². The van der Waals surface area contributed by atoms with Gasteiger partial charge >= 0.3 is 6.61 Å². The van der Waals surface area contributed by atoms with E-state index in [9.17, 15) is 8.78 Å². The van der Waals surface area contributed by atoms with E-state index < -0.39 is 6.61 Å². The maximum Gasteiger partial charge on any atom is 0.387 e. The molecule has 4 heteroatoms. The van der Waals surface area contributed by atoms with Crippen molar-refractivity contribution in [3.8, 4) is 5.75 Å². The minimum atomic E-state index is -2.77. The molecule has 0 saturated heterocycles. The first-order valence-corrected chi connectivity index (χ1v) is 4.39. The number of halogens is 2. The first kappa shape index (κ1) is 10.8. The molecule has 0 heterocycles. The second kappa shape index (κ2) is 4.79. The summed E-state index contributed by atoms with van der Waals surface area (Å²) >= 11 is 0. The van der Waals surface area contributed by atoms with Crippen molar-refractivity contribution < 1.29 is 13.5 Å². The molecule has 0 N–H and O–H groups in total. The second-order valence-corrected chi connectivity index (χ2v) is 2.89. The monoisotopic (exact) mass is 201 g/mol. The van der Waals surface area contributed by atoms with Crippen molar-refractivity contribution in [1.29, 1.82) is 0 Å². The lowest BCUT2D eigenvalue weighted by Crippen LogP contribution is -2.15. The van der Waals surface area contributed by atoms with E-state index in [0.29, 0.717) is 0 Å². The molecule has 0 spiro atoms. The summed E-state index contributed by atoms with van der Waals surface area (Å²) in [4.78, 5) is 1.94. The van der Waals surface area contributed by atoms with Gasteiger partial charge in [-0.15, -0.1) is 0 Å². The topological polar surface area (TPSA) is 12.5 Å². The summed E-state index contributed by atoms with van der Waals surface area (Å²) in [7, 11) is 1.89. The fourth-order valence-electron chi connectivity index (χ4n) is 1.08. The van der Waals surface area contributed by atoms with Crippen LogP contribution < -0.4 is 9.64 Å². The Hall–Kier alpha value is -1.32. The molecule has 2 nitrogen and oxygen atoms in total. The predicted octanol–water partition coefficient (Wildman–Crippen LogP) is 2.74. The summed E-state index contributed by atoms with van der Waals surface area (Å²) in [5.74, 6) is 0.192. The van der Waals surface area contributed by atoms with Crippen LogP contribution in [0.25, 0.3) is 0 Å². The molecule has 78 valence electrons. The molecule has 0 radical (unpaired) electrons. The van der Waals surface area contributed by atoms with Crippen LogP contribution >= 0.6 is 0 Å². The third-order valence-corrected chi connectivity index (χ3v) is 1.96. The molecule has 1 aromatic rings. The Bertz CT molecular complexity index is 291. The fraction of sp³-hybridized carbons (Fsp3) is 0.400. The van der Waals surface area contributed by atoms with Crippen LogP contribution in [0.2, 0.25) is 0 Å². The lowest BCUT2D eigenvalue weighted by molar-refractivity contribution is -0.0498. The summed E-state index contributed by atoms with van der Waals surface area (Å²) in [6.07, 6.45) is 0. The Labute approximate surface area is 82.1 Å². The maximum absolute atomic E-state index is 11.9. The molecule has 0 bridgehead atoms. The van der Waals surface area contributed by atoms with Crippen molar-refractivity contribution in [3.05, 3.63) is 24.3 Å². The highest BCUT2D eigenvalue weighted by atomic mass is 19.3. The lowest BCUT2D eigenvalue weighted by Gasteiger charge is -2.17. The zero-order valence-corrected chi connectivity index (χ0v) is 8.21. The van der Waals surface area contributed by atoms with E-state index in [-0.39, 0.29) is 5.75 Å². The number of ether oxygens (including phenoxy) is 1. The van der Waals surface area contributed by atoms with Gasteiger partial charge in [0, 0.05) is 25.3 Å². The van der Waals surface area contributed by atoms with Crippen LogP contribution in [-0.2, 0) is 0 Å². The van der Waals surface area contributed by atoms with Crippen LogP contribution in [-0.4, -0.2) is 20.2 Å². The Kier molecular flexibility index (Phi) is 3.68. The normalized spacial score (nSPS) is 10.4. The number of anilines is 1. The van der Waals surface area contributed by atoms with Crippen LogP contribution in [0, 0.1) is 0 Å².